The van der Waals surface area contributed by atoms with Crippen molar-refractivity contribution in [3.63, 3.8) is 0 Å². The van der Waals surface area contributed by atoms with E-state index in [1.165, 1.54) is 35.6 Å². The lowest BCUT2D eigenvalue weighted by atomic mass is 9.98. The Morgan fingerprint density at radius 1 is 1.32 bits per heavy atom. The lowest BCUT2D eigenvalue weighted by Gasteiger charge is -2.21. The average molecular weight is 362 g/mol. The second-order valence-corrected chi connectivity index (χ2v) is 7.64. The molecule has 134 valence electrons. The maximum atomic E-state index is 12.7. The van der Waals surface area contributed by atoms with Crippen molar-refractivity contribution in [3.05, 3.63) is 27.1 Å². The summed E-state index contributed by atoms with van der Waals surface area (Å²) in [5.41, 5.74) is 0.293. The molecular weight excluding hydrogens is 340 g/mol. The highest BCUT2D eigenvalue weighted by molar-refractivity contribution is 7.20. The van der Waals surface area contributed by atoms with Gasteiger partial charge in [0.1, 0.15) is 15.8 Å². The van der Waals surface area contributed by atoms with Crippen LogP contribution >= 0.6 is 11.3 Å². The molecule has 1 aliphatic carbocycles. The Morgan fingerprint density at radius 2 is 2.00 bits per heavy atom. The predicted octanol–water partition coefficient (Wildman–Crippen LogP) is 3.41. The lowest BCUT2D eigenvalue weighted by molar-refractivity contribution is -0.119. The number of rotatable bonds is 4. The summed E-state index contributed by atoms with van der Waals surface area (Å²) in [6, 6.07) is -0.582. The summed E-state index contributed by atoms with van der Waals surface area (Å²) < 4.78 is 6.94. The van der Waals surface area contributed by atoms with Gasteiger partial charge < -0.3 is 4.74 Å². The summed E-state index contributed by atoms with van der Waals surface area (Å²) in [6.45, 7) is 4.84. The molecule has 25 heavy (non-hydrogen) atoms. The molecular formula is C18H22N2O4S. The SMILES string of the molecule is CC(=O)[C@H](C)n1cnc2sc(C(=O)OC3CCCCC3)c(C)c2c1=O. The van der Waals surface area contributed by atoms with Gasteiger partial charge in [-0.05, 0) is 52.0 Å². The number of thiophene rings is 1. The summed E-state index contributed by atoms with van der Waals surface area (Å²) in [4.78, 5) is 42.1. The maximum absolute atomic E-state index is 12.7. The summed E-state index contributed by atoms with van der Waals surface area (Å²) in [5.74, 6) is -0.494. The molecule has 0 aromatic carbocycles. The third-order valence-electron chi connectivity index (χ3n) is 4.89. The Kier molecular flexibility index (Phi) is 5.03. The Morgan fingerprint density at radius 3 is 2.64 bits per heavy atom. The number of aryl methyl sites for hydroxylation is 1. The molecule has 2 aromatic rings. The molecule has 0 saturated heterocycles. The molecule has 6 nitrogen and oxygen atoms in total. The molecule has 0 bridgehead atoms. The Bertz CT molecular complexity index is 877. The van der Waals surface area contributed by atoms with Crippen molar-refractivity contribution in [1.82, 2.24) is 9.55 Å². The van der Waals surface area contributed by atoms with E-state index in [0.29, 0.717) is 20.7 Å². The van der Waals surface area contributed by atoms with Gasteiger partial charge in [-0.1, -0.05) is 6.42 Å². The average Bonchev–Trinajstić information content (AvgIpc) is 2.93. The van der Waals surface area contributed by atoms with Crippen LogP contribution in [0.2, 0.25) is 0 Å². The number of Topliss-reactive ketones (excluding diaryl/α,β-unsaturated/α-hetero) is 1. The first kappa shape index (κ1) is 17.8. The second-order valence-electron chi connectivity index (χ2n) is 6.65. The zero-order chi connectivity index (χ0) is 18.1. The standard InChI is InChI=1S/C18H22N2O4S/c1-10-14-16(19-9-20(17(14)22)11(2)12(3)21)25-15(10)18(23)24-13-7-5-4-6-8-13/h9,11,13H,4-8H2,1-3H3/t11-/m0/s1. The maximum Gasteiger partial charge on any atom is 0.348 e. The van der Waals surface area contributed by atoms with Crippen LogP contribution in [-0.4, -0.2) is 27.4 Å². The van der Waals surface area contributed by atoms with E-state index < -0.39 is 6.04 Å². The van der Waals surface area contributed by atoms with Crippen LogP contribution in [0.15, 0.2) is 11.1 Å². The van der Waals surface area contributed by atoms with Gasteiger partial charge >= 0.3 is 5.97 Å². The monoisotopic (exact) mass is 362 g/mol. The van der Waals surface area contributed by atoms with Crippen LogP contribution in [0.5, 0.6) is 0 Å². The lowest BCUT2D eigenvalue weighted by Crippen LogP contribution is -2.27. The number of fused-ring (bicyclic) bond motifs is 1. The van der Waals surface area contributed by atoms with Gasteiger partial charge in [0.05, 0.1) is 17.8 Å². The number of ketones is 1. The Hall–Kier alpha value is -2.02. The van der Waals surface area contributed by atoms with Crippen molar-refractivity contribution in [2.24, 2.45) is 0 Å². The van der Waals surface area contributed by atoms with E-state index in [-0.39, 0.29) is 23.4 Å². The number of carbonyl (C=O) groups excluding carboxylic acids is 2. The molecule has 0 N–H and O–H groups in total. The number of hydrogen-bond acceptors (Lipinski definition) is 6. The molecule has 0 radical (unpaired) electrons. The van der Waals surface area contributed by atoms with E-state index in [4.69, 9.17) is 4.74 Å². The Labute approximate surface area is 149 Å². The van der Waals surface area contributed by atoms with E-state index in [9.17, 15) is 14.4 Å². The fourth-order valence-corrected chi connectivity index (χ4v) is 4.21. The van der Waals surface area contributed by atoms with Crippen molar-refractivity contribution in [2.45, 2.75) is 65.0 Å². The molecule has 0 aliphatic heterocycles. The van der Waals surface area contributed by atoms with Crippen LogP contribution < -0.4 is 5.56 Å². The first-order valence-electron chi connectivity index (χ1n) is 8.61. The number of esters is 1. The predicted molar refractivity (Wildman–Crippen MR) is 96.3 cm³/mol. The van der Waals surface area contributed by atoms with Gasteiger partial charge in [0.25, 0.3) is 5.56 Å². The minimum Gasteiger partial charge on any atom is -0.458 e. The van der Waals surface area contributed by atoms with E-state index >= 15 is 0 Å². The number of hydrogen-bond donors (Lipinski definition) is 0. The normalized spacial score (nSPS) is 16.8. The van der Waals surface area contributed by atoms with Crippen molar-refractivity contribution in [3.8, 4) is 0 Å². The molecule has 2 heterocycles. The minimum absolute atomic E-state index is 0.0341. The van der Waals surface area contributed by atoms with Gasteiger partial charge in [-0.25, -0.2) is 9.78 Å². The molecule has 0 spiro atoms. The van der Waals surface area contributed by atoms with Crippen LogP contribution in [0, 0.1) is 6.92 Å². The first-order valence-corrected chi connectivity index (χ1v) is 9.43. The largest absolute Gasteiger partial charge is 0.458 e. The van der Waals surface area contributed by atoms with Gasteiger partial charge in [-0.2, -0.15) is 0 Å². The van der Waals surface area contributed by atoms with E-state index in [2.05, 4.69) is 4.98 Å². The van der Waals surface area contributed by atoms with Gasteiger partial charge in [-0.15, -0.1) is 11.3 Å². The number of ether oxygens (including phenoxy) is 1. The van der Waals surface area contributed by atoms with Crippen LogP contribution in [0.4, 0.5) is 0 Å². The van der Waals surface area contributed by atoms with Crippen molar-refractivity contribution in [2.75, 3.05) is 0 Å². The molecule has 0 amide bonds. The summed E-state index contributed by atoms with van der Waals surface area (Å²) in [7, 11) is 0. The van der Waals surface area contributed by atoms with Crippen LogP contribution in [0.25, 0.3) is 10.2 Å². The fraction of sp³-hybridized carbons (Fsp3) is 0.556. The van der Waals surface area contributed by atoms with Gasteiger partial charge in [0.2, 0.25) is 0 Å². The molecule has 0 unspecified atom stereocenters. The molecule has 3 rings (SSSR count). The number of aromatic nitrogens is 2. The highest BCUT2D eigenvalue weighted by Gasteiger charge is 2.25. The fourth-order valence-electron chi connectivity index (χ4n) is 3.19. The third-order valence-corrected chi connectivity index (χ3v) is 6.07. The quantitative estimate of drug-likeness (QED) is 0.779. The zero-order valence-electron chi connectivity index (χ0n) is 14.7. The number of carbonyl (C=O) groups is 2. The molecule has 2 aromatic heterocycles. The summed E-state index contributed by atoms with van der Waals surface area (Å²) in [5, 5.41) is 0.399. The van der Waals surface area contributed by atoms with Crippen LogP contribution in [-0.2, 0) is 9.53 Å². The van der Waals surface area contributed by atoms with E-state index in [1.807, 2.05) is 0 Å². The molecule has 1 fully saturated rings. The third kappa shape index (κ3) is 3.38. The van der Waals surface area contributed by atoms with E-state index in [0.717, 1.165) is 25.7 Å². The molecule has 1 saturated carbocycles. The molecule has 1 aliphatic rings. The van der Waals surface area contributed by atoms with Gasteiger partial charge in [0, 0.05) is 0 Å². The highest BCUT2D eigenvalue weighted by atomic mass is 32.1. The summed E-state index contributed by atoms with van der Waals surface area (Å²) >= 11 is 1.18. The first-order chi connectivity index (χ1) is 11.9. The van der Waals surface area contributed by atoms with Gasteiger partial charge in [0.15, 0.2) is 5.78 Å². The molecule has 7 heteroatoms. The van der Waals surface area contributed by atoms with Crippen LogP contribution in [0.3, 0.4) is 0 Å². The van der Waals surface area contributed by atoms with Crippen molar-refractivity contribution in [1.29, 1.82) is 0 Å². The van der Waals surface area contributed by atoms with E-state index in [1.54, 1.807) is 13.8 Å². The zero-order valence-corrected chi connectivity index (χ0v) is 15.5. The minimum atomic E-state index is -0.582. The van der Waals surface area contributed by atoms with Gasteiger partial charge in [-0.3, -0.25) is 14.2 Å². The number of nitrogens with zero attached hydrogens (tertiary/aromatic N) is 2. The topological polar surface area (TPSA) is 78.3 Å². The highest BCUT2D eigenvalue weighted by Crippen LogP contribution is 2.29. The summed E-state index contributed by atoms with van der Waals surface area (Å²) in [6.07, 6.45) is 6.50. The Balaban J connectivity index is 1.96. The smallest absolute Gasteiger partial charge is 0.348 e. The van der Waals surface area contributed by atoms with Crippen LogP contribution in [0.1, 0.15) is 67.2 Å². The second kappa shape index (κ2) is 7.07. The molecule has 1 atom stereocenters. The van der Waals surface area contributed by atoms with Crippen molar-refractivity contribution >= 4 is 33.3 Å². The van der Waals surface area contributed by atoms with Crippen molar-refractivity contribution < 1.29 is 14.3 Å².